The number of nitrogens with one attached hydrogen (secondary N) is 1. The molecule has 0 aliphatic carbocycles. The minimum atomic E-state index is -0.503. The van der Waals surface area contributed by atoms with E-state index in [2.05, 4.69) is 5.32 Å². The Bertz CT molecular complexity index is 1090. The molecule has 1 atom stereocenters. The van der Waals surface area contributed by atoms with Crippen LogP contribution in [-0.2, 0) is 4.79 Å². The highest BCUT2D eigenvalue weighted by molar-refractivity contribution is 6.01. The zero-order valence-corrected chi connectivity index (χ0v) is 15.5. The quantitative estimate of drug-likeness (QED) is 0.287. The molecule has 0 fully saturated rings. The van der Waals surface area contributed by atoms with Gasteiger partial charge in [0.1, 0.15) is 23.2 Å². The second kappa shape index (κ2) is 8.67. The van der Waals surface area contributed by atoms with Crippen molar-refractivity contribution in [3.8, 4) is 17.4 Å². The fourth-order valence-corrected chi connectivity index (χ4v) is 2.72. The average Bonchev–Trinajstić information content (AvgIpc) is 3.21. The van der Waals surface area contributed by atoms with Gasteiger partial charge in [-0.2, -0.15) is 5.26 Å². The molecule has 0 saturated heterocycles. The third kappa shape index (κ3) is 4.76. The van der Waals surface area contributed by atoms with Gasteiger partial charge in [0.15, 0.2) is 0 Å². The van der Waals surface area contributed by atoms with Crippen LogP contribution in [0.2, 0.25) is 0 Å². The number of nitrogens with zero attached hydrogens (tertiary/aromatic N) is 2. The summed E-state index contributed by atoms with van der Waals surface area (Å²) in [6, 6.07) is 20.3. The van der Waals surface area contributed by atoms with E-state index in [1.54, 1.807) is 24.3 Å². The van der Waals surface area contributed by atoms with Crippen molar-refractivity contribution in [2.24, 2.45) is 0 Å². The minimum Gasteiger partial charge on any atom is -0.457 e. The number of hydrogen-bond acceptors (Lipinski definition) is 5. The highest BCUT2D eigenvalue weighted by Crippen LogP contribution is 2.25. The summed E-state index contributed by atoms with van der Waals surface area (Å²) in [6.45, 7) is 1.84. The van der Waals surface area contributed by atoms with Crippen LogP contribution in [0, 0.1) is 21.4 Å². The first-order valence-electron chi connectivity index (χ1n) is 8.80. The molecule has 29 heavy (non-hydrogen) atoms. The monoisotopic (exact) mass is 387 g/mol. The van der Waals surface area contributed by atoms with Gasteiger partial charge in [-0.25, -0.2) is 0 Å². The molecule has 0 aliphatic heterocycles. The van der Waals surface area contributed by atoms with Gasteiger partial charge < -0.3 is 9.73 Å². The highest BCUT2D eigenvalue weighted by Gasteiger charge is 2.15. The van der Waals surface area contributed by atoms with Crippen LogP contribution in [0.4, 0.5) is 5.69 Å². The number of furan rings is 1. The molecule has 144 valence electrons. The summed E-state index contributed by atoms with van der Waals surface area (Å²) in [6.07, 6.45) is 1.36. The Morgan fingerprint density at radius 1 is 1.14 bits per heavy atom. The molecule has 1 amide bonds. The minimum absolute atomic E-state index is 0.0172. The van der Waals surface area contributed by atoms with E-state index in [0.717, 1.165) is 5.56 Å². The lowest BCUT2D eigenvalue weighted by molar-refractivity contribution is -0.384. The molecular formula is C22H17N3O4. The number of nitro groups is 1. The van der Waals surface area contributed by atoms with Crippen LogP contribution >= 0.6 is 0 Å². The second-order valence-corrected chi connectivity index (χ2v) is 6.28. The van der Waals surface area contributed by atoms with E-state index < -0.39 is 10.8 Å². The van der Waals surface area contributed by atoms with E-state index in [1.807, 2.05) is 43.3 Å². The van der Waals surface area contributed by atoms with E-state index in [1.165, 1.54) is 18.2 Å². The first-order chi connectivity index (χ1) is 14.0. The first kappa shape index (κ1) is 19.6. The largest absolute Gasteiger partial charge is 0.457 e. The van der Waals surface area contributed by atoms with Gasteiger partial charge >= 0.3 is 0 Å². The molecule has 3 rings (SSSR count). The molecule has 2 aromatic carbocycles. The van der Waals surface area contributed by atoms with E-state index in [0.29, 0.717) is 17.1 Å². The standard InChI is InChI=1S/C22H17N3O4/c1-15(16-5-3-2-4-6-16)24-22(26)18(14-23)13-20-11-12-21(29-20)17-7-9-19(10-8-17)25(27)28/h2-13,15H,1H3,(H,24,26)/b18-13+/t15-/m0/s1. The van der Waals surface area contributed by atoms with Crippen LogP contribution in [-0.4, -0.2) is 10.8 Å². The predicted octanol–water partition coefficient (Wildman–Crippen LogP) is 4.64. The molecule has 0 aliphatic rings. The molecule has 0 saturated carbocycles. The molecule has 1 aromatic heterocycles. The number of nitro benzene ring substituents is 1. The van der Waals surface area contributed by atoms with Gasteiger partial charge in [-0.05, 0) is 36.8 Å². The predicted molar refractivity (Wildman–Crippen MR) is 107 cm³/mol. The van der Waals surface area contributed by atoms with Crippen molar-refractivity contribution in [3.05, 3.63) is 93.7 Å². The molecule has 7 heteroatoms. The normalized spacial score (nSPS) is 12.1. The van der Waals surface area contributed by atoms with Crippen LogP contribution < -0.4 is 5.32 Å². The topological polar surface area (TPSA) is 109 Å². The third-order valence-corrected chi connectivity index (χ3v) is 4.29. The molecule has 1 heterocycles. The summed E-state index contributed by atoms with van der Waals surface area (Å²) in [5.41, 5.74) is 1.47. The molecule has 0 unspecified atom stereocenters. The number of benzene rings is 2. The van der Waals surface area contributed by atoms with E-state index >= 15 is 0 Å². The summed E-state index contributed by atoms with van der Waals surface area (Å²) < 4.78 is 5.66. The number of rotatable bonds is 6. The van der Waals surface area contributed by atoms with Crippen molar-refractivity contribution in [1.29, 1.82) is 5.26 Å². The fourth-order valence-electron chi connectivity index (χ4n) is 2.72. The lowest BCUT2D eigenvalue weighted by Crippen LogP contribution is -2.27. The molecule has 3 aromatic rings. The first-order valence-corrected chi connectivity index (χ1v) is 8.80. The van der Waals surface area contributed by atoms with E-state index in [4.69, 9.17) is 4.42 Å². The molecular weight excluding hydrogens is 370 g/mol. The third-order valence-electron chi connectivity index (χ3n) is 4.29. The molecule has 0 spiro atoms. The van der Waals surface area contributed by atoms with Crippen LogP contribution in [0.15, 0.2) is 76.7 Å². The van der Waals surface area contributed by atoms with Gasteiger partial charge in [-0.1, -0.05) is 30.3 Å². The maximum Gasteiger partial charge on any atom is 0.269 e. The number of non-ortho nitro benzene ring substituents is 1. The summed E-state index contributed by atoms with van der Waals surface area (Å²) >= 11 is 0. The Morgan fingerprint density at radius 3 is 2.45 bits per heavy atom. The Morgan fingerprint density at radius 2 is 1.83 bits per heavy atom. The second-order valence-electron chi connectivity index (χ2n) is 6.28. The van der Waals surface area contributed by atoms with Crippen LogP contribution in [0.1, 0.15) is 24.3 Å². The molecule has 0 radical (unpaired) electrons. The SMILES string of the molecule is C[C@H](NC(=O)/C(C#N)=C/c1ccc(-c2ccc([N+](=O)[O-])cc2)o1)c1ccccc1. The van der Waals surface area contributed by atoms with Gasteiger partial charge in [-0.15, -0.1) is 0 Å². The summed E-state index contributed by atoms with van der Waals surface area (Å²) in [4.78, 5) is 22.7. The van der Waals surface area contributed by atoms with Crippen molar-refractivity contribution in [1.82, 2.24) is 5.32 Å². The van der Waals surface area contributed by atoms with Crippen molar-refractivity contribution in [2.45, 2.75) is 13.0 Å². The van der Waals surface area contributed by atoms with Crippen molar-refractivity contribution in [2.75, 3.05) is 0 Å². The summed E-state index contributed by atoms with van der Waals surface area (Å²) in [5, 5.41) is 22.9. The summed E-state index contributed by atoms with van der Waals surface area (Å²) in [7, 11) is 0. The van der Waals surface area contributed by atoms with Crippen LogP contribution in [0.25, 0.3) is 17.4 Å². The molecule has 1 N–H and O–H groups in total. The number of nitriles is 1. The summed E-state index contributed by atoms with van der Waals surface area (Å²) in [5.74, 6) is 0.302. The van der Waals surface area contributed by atoms with Gasteiger partial charge in [0.2, 0.25) is 0 Å². The fraction of sp³-hybridized carbons (Fsp3) is 0.0909. The lowest BCUT2D eigenvalue weighted by Gasteiger charge is -2.13. The van der Waals surface area contributed by atoms with E-state index in [9.17, 15) is 20.2 Å². The molecule has 0 bridgehead atoms. The van der Waals surface area contributed by atoms with Gasteiger partial charge in [0, 0.05) is 23.8 Å². The van der Waals surface area contributed by atoms with Crippen molar-refractivity contribution < 1.29 is 14.1 Å². The van der Waals surface area contributed by atoms with E-state index in [-0.39, 0.29) is 17.3 Å². The zero-order valence-electron chi connectivity index (χ0n) is 15.5. The Hall–Kier alpha value is -4.18. The Kier molecular flexibility index (Phi) is 5.85. The highest BCUT2D eigenvalue weighted by atomic mass is 16.6. The van der Waals surface area contributed by atoms with Crippen molar-refractivity contribution >= 4 is 17.7 Å². The lowest BCUT2D eigenvalue weighted by atomic mass is 10.1. The number of carbonyl (C=O) groups excluding carboxylic acids is 1. The average molecular weight is 387 g/mol. The number of amides is 1. The van der Waals surface area contributed by atoms with Crippen molar-refractivity contribution in [3.63, 3.8) is 0 Å². The Labute approximate surface area is 167 Å². The smallest absolute Gasteiger partial charge is 0.269 e. The maximum absolute atomic E-state index is 12.4. The maximum atomic E-state index is 12.4. The Balaban J connectivity index is 1.75. The van der Waals surface area contributed by atoms with Gasteiger partial charge in [0.25, 0.3) is 11.6 Å². The van der Waals surface area contributed by atoms with Gasteiger partial charge in [0.05, 0.1) is 11.0 Å². The van der Waals surface area contributed by atoms with Gasteiger partial charge in [-0.3, -0.25) is 14.9 Å². The number of hydrogen-bond donors (Lipinski definition) is 1. The number of carbonyl (C=O) groups is 1. The molecule has 7 nitrogen and oxygen atoms in total. The van der Waals surface area contributed by atoms with Crippen LogP contribution in [0.5, 0.6) is 0 Å². The van der Waals surface area contributed by atoms with Crippen LogP contribution in [0.3, 0.4) is 0 Å². The zero-order chi connectivity index (χ0) is 20.8.